The maximum Gasteiger partial charge on any atom is -0.0147 e. The lowest BCUT2D eigenvalue weighted by atomic mass is 10.1. The van der Waals surface area contributed by atoms with E-state index in [4.69, 9.17) is 0 Å². The molecule has 1 aliphatic rings. The SMILES string of the molecule is CC(C)CC1(P)CC1.Cl. The van der Waals surface area contributed by atoms with E-state index in [2.05, 4.69) is 23.1 Å². The van der Waals surface area contributed by atoms with E-state index in [9.17, 15) is 0 Å². The highest BCUT2D eigenvalue weighted by molar-refractivity contribution is 7.19. The lowest BCUT2D eigenvalue weighted by Gasteiger charge is -2.09. The van der Waals surface area contributed by atoms with Crippen LogP contribution < -0.4 is 0 Å². The molecule has 0 aromatic carbocycles. The molecule has 2 heteroatoms. The summed E-state index contributed by atoms with van der Waals surface area (Å²) in [6.45, 7) is 4.59. The summed E-state index contributed by atoms with van der Waals surface area (Å²) < 4.78 is 0. The van der Waals surface area contributed by atoms with E-state index in [1.807, 2.05) is 0 Å². The quantitative estimate of drug-likeness (QED) is 0.554. The largest absolute Gasteiger partial charge is 0.147 e. The predicted molar refractivity (Wildman–Crippen MR) is 48.4 cm³/mol. The van der Waals surface area contributed by atoms with Crippen molar-refractivity contribution in [3.8, 4) is 0 Å². The zero-order chi connectivity index (χ0) is 6.20. The first-order valence-corrected chi connectivity index (χ1v) is 3.99. The summed E-state index contributed by atoms with van der Waals surface area (Å²) in [7, 11) is 2.97. The van der Waals surface area contributed by atoms with Gasteiger partial charge in [-0.25, -0.2) is 0 Å². The van der Waals surface area contributed by atoms with Gasteiger partial charge in [-0.15, -0.1) is 21.6 Å². The molecular formula is C7H16ClP. The summed E-state index contributed by atoms with van der Waals surface area (Å²) in [5.74, 6) is 0.884. The van der Waals surface area contributed by atoms with Crippen molar-refractivity contribution >= 4 is 21.6 Å². The summed E-state index contributed by atoms with van der Waals surface area (Å²) >= 11 is 0. The molecule has 1 saturated carbocycles. The molecule has 1 aliphatic carbocycles. The lowest BCUT2D eigenvalue weighted by Crippen LogP contribution is -2.01. The Morgan fingerprint density at radius 1 is 1.44 bits per heavy atom. The fourth-order valence-corrected chi connectivity index (χ4v) is 1.79. The van der Waals surface area contributed by atoms with Crippen LogP contribution in [0.1, 0.15) is 33.1 Å². The molecule has 0 saturated heterocycles. The Morgan fingerprint density at radius 3 is 2.00 bits per heavy atom. The monoisotopic (exact) mass is 166 g/mol. The van der Waals surface area contributed by atoms with Crippen molar-refractivity contribution in [3.63, 3.8) is 0 Å². The molecule has 1 rings (SSSR count). The van der Waals surface area contributed by atoms with E-state index in [-0.39, 0.29) is 12.4 Å². The minimum atomic E-state index is 0. The van der Waals surface area contributed by atoms with Crippen LogP contribution in [0.5, 0.6) is 0 Å². The van der Waals surface area contributed by atoms with E-state index in [0.29, 0.717) is 5.16 Å². The average Bonchev–Trinajstić information content (AvgIpc) is 2.17. The predicted octanol–water partition coefficient (Wildman–Crippen LogP) is 2.86. The molecule has 0 aromatic heterocycles. The minimum Gasteiger partial charge on any atom is -0.147 e. The second-order valence-corrected chi connectivity index (χ2v) is 4.69. The topological polar surface area (TPSA) is 0 Å². The Labute approximate surface area is 66.4 Å². The highest BCUT2D eigenvalue weighted by Crippen LogP contribution is 2.49. The van der Waals surface area contributed by atoms with E-state index in [0.717, 1.165) is 5.92 Å². The highest BCUT2D eigenvalue weighted by Gasteiger charge is 2.37. The molecule has 56 valence electrons. The molecule has 0 aliphatic heterocycles. The number of halogens is 1. The molecule has 0 spiro atoms. The summed E-state index contributed by atoms with van der Waals surface area (Å²) in [6, 6.07) is 0. The molecule has 0 bridgehead atoms. The van der Waals surface area contributed by atoms with Crippen LogP contribution >= 0.6 is 21.6 Å². The number of rotatable bonds is 2. The summed E-state index contributed by atoms with van der Waals surface area (Å²) in [5.41, 5.74) is 0. The zero-order valence-electron chi connectivity index (χ0n) is 6.18. The minimum absolute atomic E-state index is 0. The Hall–Kier alpha value is 0.720. The van der Waals surface area contributed by atoms with Crippen molar-refractivity contribution in [2.75, 3.05) is 0 Å². The standard InChI is InChI=1S/C7H15P.ClH/c1-6(2)5-7(8)3-4-7;/h6H,3-5,8H2,1-2H3;1H. The average molecular weight is 167 g/mol. The summed E-state index contributed by atoms with van der Waals surface area (Å²) in [5, 5.41) is 0.689. The van der Waals surface area contributed by atoms with Gasteiger partial charge in [0.05, 0.1) is 0 Å². The van der Waals surface area contributed by atoms with Gasteiger partial charge in [0.2, 0.25) is 0 Å². The van der Waals surface area contributed by atoms with Crippen molar-refractivity contribution in [1.29, 1.82) is 0 Å². The molecule has 1 atom stereocenters. The molecule has 1 fully saturated rings. The van der Waals surface area contributed by atoms with Gasteiger partial charge in [0.25, 0.3) is 0 Å². The Morgan fingerprint density at radius 2 is 1.89 bits per heavy atom. The molecule has 1 unspecified atom stereocenters. The second-order valence-electron chi connectivity index (χ2n) is 3.46. The van der Waals surface area contributed by atoms with E-state index >= 15 is 0 Å². The van der Waals surface area contributed by atoms with Gasteiger partial charge in [0.1, 0.15) is 0 Å². The van der Waals surface area contributed by atoms with Crippen LogP contribution in [0, 0.1) is 5.92 Å². The van der Waals surface area contributed by atoms with Crippen LogP contribution in [-0.4, -0.2) is 5.16 Å². The van der Waals surface area contributed by atoms with Crippen molar-refractivity contribution in [3.05, 3.63) is 0 Å². The van der Waals surface area contributed by atoms with Gasteiger partial charge in [-0.3, -0.25) is 0 Å². The number of hydrogen-bond acceptors (Lipinski definition) is 0. The number of hydrogen-bond donors (Lipinski definition) is 0. The van der Waals surface area contributed by atoms with Gasteiger partial charge in [-0.1, -0.05) is 13.8 Å². The molecule has 0 amide bonds. The maximum atomic E-state index is 2.97. The smallest absolute Gasteiger partial charge is 0.0147 e. The first kappa shape index (κ1) is 9.72. The lowest BCUT2D eigenvalue weighted by molar-refractivity contribution is 0.563. The third-order valence-electron chi connectivity index (χ3n) is 1.71. The van der Waals surface area contributed by atoms with Crippen molar-refractivity contribution in [1.82, 2.24) is 0 Å². The first-order valence-electron chi connectivity index (χ1n) is 3.41. The van der Waals surface area contributed by atoms with Gasteiger partial charge in [0.15, 0.2) is 0 Å². The Balaban J connectivity index is 0.000000640. The molecule has 0 heterocycles. The molecule has 9 heavy (non-hydrogen) atoms. The van der Waals surface area contributed by atoms with Gasteiger partial charge >= 0.3 is 0 Å². The van der Waals surface area contributed by atoms with Gasteiger partial charge < -0.3 is 0 Å². The van der Waals surface area contributed by atoms with Crippen LogP contribution in [0.15, 0.2) is 0 Å². The van der Waals surface area contributed by atoms with Crippen LogP contribution in [0.3, 0.4) is 0 Å². The summed E-state index contributed by atoms with van der Waals surface area (Å²) in [6.07, 6.45) is 4.28. The second kappa shape index (κ2) is 3.21. The molecule has 0 nitrogen and oxygen atoms in total. The highest BCUT2D eigenvalue weighted by atomic mass is 35.5. The summed E-state index contributed by atoms with van der Waals surface area (Å²) in [4.78, 5) is 0. The van der Waals surface area contributed by atoms with Crippen LogP contribution in [0.2, 0.25) is 0 Å². The van der Waals surface area contributed by atoms with Crippen molar-refractivity contribution in [2.24, 2.45) is 5.92 Å². The van der Waals surface area contributed by atoms with Crippen molar-refractivity contribution < 1.29 is 0 Å². The van der Waals surface area contributed by atoms with E-state index in [1.54, 1.807) is 0 Å². The molecule has 0 N–H and O–H groups in total. The van der Waals surface area contributed by atoms with Crippen LogP contribution in [-0.2, 0) is 0 Å². The fraction of sp³-hybridized carbons (Fsp3) is 1.00. The van der Waals surface area contributed by atoms with E-state index < -0.39 is 0 Å². The fourth-order valence-electron chi connectivity index (χ4n) is 1.18. The third-order valence-corrected chi connectivity index (χ3v) is 2.52. The van der Waals surface area contributed by atoms with Gasteiger partial charge in [0, 0.05) is 0 Å². The van der Waals surface area contributed by atoms with Gasteiger partial charge in [-0.05, 0) is 30.3 Å². The third kappa shape index (κ3) is 3.43. The zero-order valence-corrected chi connectivity index (χ0v) is 8.16. The van der Waals surface area contributed by atoms with Crippen molar-refractivity contribution in [2.45, 2.75) is 38.3 Å². The van der Waals surface area contributed by atoms with Crippen LogP contribution in [0.4, 0.5) is 0 Å². The maximum absolute atomic E-state index is 2.97. The van der Waals surface area contributed by atoms with Crippen LogP contribution in [0.25, 0.3) is 0 Å². The Kier molecular flexibility index (Phi) is 3.47. The first-order chi connectivity index (χ1) is 3.62. The molecule has 0 aromatic rings. The van der Waals surface area contributed by atoms with Gasteiger partial charge in [-0.2, -0.15) is 0 Å². The van der Waals surface area contributed by atoms with E-state index in [1.165, 1.54) is 19.3 Å². The molecule has 0 radical (unpaired) electrons. The normalized spacial score (nSPS) is 21.3. The molecular weight excluding hydrogens is 151 g/mol. The Bertz CT molecular complexity index is 86.9.